The Balaban J connectivity index is 0.00000256. The van der Waals surface area contributed by atoms with Crippen molar-refractivity contribution in [3.05, 3.63) is 36.4 Å². The summed E-state index contributed by atoms with van der Waals surface area (Å²) in [4.78, 5) is 9.02. The third-order valence-electron chi connectivity index (χ3n) is 4.00. The maximum atomic E-state index is 10.7. The van der Waals surface area contributed by atoms with Crippen LogP contribution in [0.15, 0.2) is 36.4 Å². The molecule has 32 heavy (non-hydrogen) atoms. The van der Waals surface area contributed by atoms with Crippen LogP contribution in [0.3, 0.4) is 0 Å². The van der Waals surface area contributed by atoms with E-state index < -0.39 is 31.7 Å². The topological polar surface area (TPSA) is 159 Å². The molecule has 0 atom stereocenters. The van der Waals surface area contributed by atoms with Gasteiger partial charge in [-0.3, -0.25) is 0 Å². The third kappa shape index (κ3) is 9.37. The maximum absolute atomic E-state index is 10.7. The van der Waals surface area contributed by atoms with E-state index in [1.165, 1.54) is 0 Å². The molecule has 0 bridgehead atoms. The number of ether oxygens (including phenoxy) is 2. The first-order valence-corrected chi connectivity index (χ1v) is 12.1. The van der Waals surface area contributed by atoms with E-state index in [0.717, 1.165) is 0 Å². The standard InChI is InChI=1S/C18H20N2O8S2.2Na/c21-29(22,23)9-3-7-27-17-11-15-16(20-14-6-2-1-5-13(14)19-15)12-18(17)28-8-4-10-30(24,25)26;;/h1-2,5-6,11-12H,3-4,7-10H2,(H,21,22,23)(H,24,25,26);;/q;2*+1/p-2. The van der Waals surface area contributed by atoms with Gasteiger partial charge in [-0.15, -0.1) is 0 Å². The van der Waals surface area contributed by atoms with Crippen molar-refractivity contribution in [2.75, 3.05) is 24.7 Å². The second kappa shape index (κ2) is 12.8. The summed E-state index contributed by atoms with van der Waals surface area (Å²) in [5, 5.41) is 0. The van der Waals surface area contributed by atoms with E-state index in [9.17, 15) is 25.9 Å². The van der Waals surface area contributed by atoms with Crippen LogP contribution in [-0.4, -0.2) is 60.6 Å². The zero-order valence-corrected chi connectivity index (χ0v) is 23.3. The smallest absolute Gasteiger partial charge is 0.748 e. The molecule has 0 saturated heterocycles. The molecule has 162 valence electrons. The monoisotopic (exact) mass is 500 g/mol. The second-order valence-corrected chi connectivity index (χ2v) is 9.47. The molecule has 2 aromatic carbocycles. The average Bonchev–Trinajstić information content (AvgIpc) is 2.65. The van der Waals surface area contributed by atoms with Crippen LogP contribution in [0.1, 0.15) is 12.8 Å². The number of nitrogens with zero attached hydrogens (tertiary/aromatic N) is 2. The second-order valence-electron chi connectivity index (χ2n) is 6.43. The average molecular weight is 500 g/mol. The van der Waals surface area contributed by atoms with Gasteiger partial charge in [-0.1, -0.05) is 12.1 Å². The zero-order chi connectivity index (χ0) is 21.8. The molecular weight excluding hydrogens is 482 g/mol. The Labute approximate surface area is 230 Å². The van der Waals surface area contributed by atoms with Crippen molar-refractivity contribution in [3.63, 3.8) is 0 Å². The molecule has 0 spiro atoms. The van der Waals surface area contributed by atoms with E-state index in [-0.39, 0.29) is 96.7 Å². The number of fused-ring (bicyclic) bond motifs is 2. The molecule has 0 aliphatic heterocycles. The van der Waals surface area contributed by atoms with Crippen LogP contribution in [0.5, 0.6) is 11.5 Å². The quantitative estimate of drug-likeness (QED) is 0.115. The van der Waals surface area contributed by atoms with Gasteiger partial charge in [0.25, 0.3) is 0 Å². The predicted molar refractivity (Wildman–Crippen MR) is 106 cm³/mol. The summed E-state index contributed by atoms with van der Waals surface area (Å²) in [5.41, 5.74) is 2.36. The number of hydrogen-bond donors (Lipinski definition) is 0. The van der Waals surface area contributed by atoms with Crippen molar-refractivity contribution in [1.82, 2.24) is 9.97 Å². The zero-order valence-electron chi connectivity index (χ0n) is 17.7. The first-order valence-electron chi connectivity index (χ1n) is 8.94. The first kappa shape index (κ1) is 29.5. The summed E-state index contributed by atoms with van der Waals surface area (Å²) >= 11 is 0. The fourth-order valence-electron chi connectivity index (χ4n) is 2.69. The molecule has 0 N–H and O–H groups in total. The Morgan fingerprint density at radius 1 is 0.688 bits per heavy atom. The molecule has 10 nitrogen and oxygen atoms in total. The van der Waals surface area contributed by atoms with Crippen molar-refractivity contribution < 1.29 is 94.5 Å². The molecule has 0 aliphatic rings. The maximum Gasteiger partial charge on any atom is 1.00 e. The Morgan fingerprint density at radius 2 is 1.06 bits per heavy atom. The number of para-hydroxylation sites is 2. The Hall–Kier alpha value is -0.540. The number of hydrogen-bond acceptors (Lipinski definition) is 10. The summed E-state index contributed by atoms with van der Waals surface area (Å²) in [7, 11) is -8.70. The molecule has 0 amide bonds. The van der Waals surface area contributed by atoms with Crippen molar-refractivity contribution in [2.45, 2.75) is 12.8 Å². The van der Waals surface area contributed by atoms with E-state index in [1.807, 2.05) is 12.1 Å². The normalized spacial score (nSPS) is 11.6. The number of benzene rings is 2. The largest absolute Gasteiger partial charge is 1.00 e. The van der Waals surface area contributed by atoms with Gasteiger partial charge >= 0.3 is 59.1 Å². The van der Waals surface area contributed by atoms with Crippen LogP contribution in [0.4, 0.5) is 0 Å². The minimum Gasteiger partial charge on any atom is -0.748 e. The van der Waals surface area contributed by atoms with Gasteiger partial charge in [-0.2, -0.15) is 0 Å². The van der Waals surface area contributed by atoms with E-state index in [0.29, 0.717) is 22.1 Å². The van der Waals surface area contributed by atoms with Gasteiger partial charge in [0.2, 0.25) is 0 Å². The van der Waals surface area contributed by atoms with Crippen molar-refractivity contribution in [2.24, 2.45) is 0 Å². The Morgan fingerprint density at radius 3 is 1.41 bits per heavy atom. The van der Waals surface area contributed by atoms with E-state index in [2.05, 4.69) is 9.97 Å². The van der Waals surface area contributed by atoms with Gasteiger partial charge in [0, 0.05) is 23.6 Å². The Kier molecular flexibility index (Phi) is 11.8. The van der Waals surface area contributed by atoms with Gasteiger partial charge in [0.1, 0.15) is 0 Å². The van der Waals surface area contributed by atoms with Crippen LogP contribution in [-0.2, 0) is 20.2 Å². The van der Waals surface area contributed by atoms with Crippen LogP contribution in [0.2, 0.25) is 0 Å². The molecule has 0 fully saturated rings. The SMILES string of the molecule is O=S(=O)([O-])CCCOc1cc2nc3ccccc3nc2cc1OCCCS(=O)(=O)[O-].[Na+].[Na+]. The van der Waals surface area contributed by atoms with Crippen molar-refractivity contribution >= 4 is 42.3 Å². The summed E-state index contributed by atoms with van der Waals surface area (Å²) in [6.07, 6.45) is -0.0255. The van der Waals surface area contributed by atoms with Crippen LogP contribution < -0.4 is 68.6 Å². The molecule has 0 saturated carbocycles. The molecule has 3 rings (SSSR count). The molecule has 3 aromatic rings. The molecule has 0 unspecified atom stereocenters. The Bertz CT molecular complexity index is 1170. The molecule has 0 aliphatic carbocycles. The molecule has 1 heterocycles. The third-order valence-corrected chi connectivity index (χ3v) is 5.57. The fourth-order valence-corrected chi connectivity index (χ4v) is 3.63. The minimum atomic E-state index is -4.35. The molecular formula is C18H18N2Na2O8S2. The van der Waals surface area contributed by atoms with Gasteiger partial charge in [0.15, 0.2) is 11.5 Å². The summed E-state index contributed by atoms with van der Waals surface area (Å²) in [6, 6.07) is 10.4. The van der Waals surface area contributed by atoms with Gasteiger partial charge in [-0.25, -0.2) is 26.8 Å². The molecule has 14 heteroatoms. The van der Waals surface area contributed by atoms with E-state index in [4.69, 9.17) is 9.47 Å². The van der Waals surface area contributed by atoms with Gasteiger partial charge in [-0.05, 0) is 25.0 Å². The number of rotatable bonds is 10. The summed E-state index contributed by atoms with van der Waals surface area (Å²) < 4.78 is 75.6. The van der Waals surface area contributed by atoms with Crippen LogP contribution in [0, 0.1) is 0 Å². The molecule has 0 radical (unpaired) electrons. The van der Waals surface area contributed by atoms with E-state index in [1.54, 1.807) is 24.3 Å². The minimum absolute atomic E-state index is 0. The van der Waals surface area contributed by atoms with E-state index >= 15 is 0 Å². The molecule has 1 aromatic heterocycles. The van der Waals surface area contributed by atoms with Crippen LogP contribution in [0.25, 0.3) is 22.1 Å². The fraction of sp³-hybridized carbons (Fsp3) is 0.333. The van der Waals surface area contributed by atoms with Gasteiger partial charge in [0.05, 0.1) is 55.5 Å². The predicted octanol–water partition coefficient (Wildman–Crippen LogP) is -4.58. The van der Waals surface area contributed by atoms with Crippen molar-refractivity contribution in [3.8, 4) is 11.5 Å². The summed E-state index contributed by atoms with van der Waals surface area (Å²) in [5.74, 6) is -0.661. The van der Waals surface area contributed by atoms with Crippen LogP contribution >= 0.6 is 0 Å². The first-order chi connectivity index (χ1) is 14.1. The van der Waals surface area contributed by atoms with Gasteiger partial charge < -0.3 is 18.6 Å². The number of aromatic nitrogens is 2. The van der Waals surface area contributed by atoms with Crippen molar-refractivity contribution in [1.29, 1.82) is 0 Å². The summed E-state index contributed by atoms with van der Waals surface area (Å²) in [6.45, 7) is -0.113.